The lowest BCUT2D eigenvalue weighted by atomic mass is 10.2. The highest BCUT2D eigenvalue weighted by molar-refractivity contribution is 6.16. The molecule has 1 aromatic carbocycles. The van der Waals surface area contributed by atoms with Gasteiger partial charge in [-0.25, -0.2) is 9.18 Å². The van der Waals surface area contributed by atoms with Crippen molar-refractivity contribution in [2.45, 2.75) is 25.8 Å². The van der Waals surface area contributed by atoms with Gasteiger partial charge in [-0.15, -0.1) is 0 Å². The maximum atomic E-state index is 13.2. The number of nitrogens with one attached hydrogen (secondary N) is 1. The molecule has 0 radical (unpaired) electrons. The first-order valence-corrected chi connectivity index (χ1v) is 9.78. The Kier molecular flexibility index (Phi) is 5.11. The van der Waals surface area contributed by atoms with Gasteiger partial charge in [-0.2, -0.15) is 0 Å². The molecule has 0 spiro atoms. The van der Waals surface area contributed by atoms with Crippen molar-refractivity contribution >= 4 is 29.3 Å². The number of hydrogen-bond acceptors (Lipinski definition) is 4. The lowest BCUT2D eigenvalue weighted by Gasteiger charge is -2.19. The third kappa shape index (κ3) is 3.47. The molecule has 156 valence electrons. The summed E-state index contributed by atoms with van der Waals surface area (Å²) in [6, 6.07) is 5.22. The normalized spacial score (nSPS) is 19.1. The molecule has 0 aliphatic carbocycles. The van der Waals surface area contributed by atoms with E-state index in [2.05, 4.69) is 4.98 Å². The van der Waals surface area contributed by atoms with Crippen LogP contribution in [-0.2, 0) is 4.79 Å². The number of carbonyl (C=O) groups is 4. The van der Waals surface area contributed by atoms with E-state index in [0.717, 1.165) is 17.7 Å². The molecule has 4 amide bonds. The minimum absolute atomic E-state index is 0.170. The summed E-state index contributed by atoms with van der Waals surface area (Å²) >= 11 is 0. The van der Waals surface area contributed by atoms with Crippen LogP contribution in [0.25, 0.3) is 0 Å². The van der Waals surface area contributed by atoms with E-state index >= 15 is 0 Å². The highest BCUT2D eigenvalue weighted by Crippen LogP contribution is 2.26. The van der Waals surface area contributed by atoms with E-state index in [4.69, 9.17) is 0 Å². The third-order valence-corrected chi connectivity index (χ3v) is 5.48. The van der Waals surface area contributed by atoms with Crippen molar-refractivity contribution < 1.29 is 23.6 Å². The van der Waals surface area contributed by atoms with Gasteiger partial charge in [0.15, 0.2) is 5.78 Å². The molecule has 2 saturated heterocycles. The lowest BCUT2D eigenvalue weighted by molar-refractivity contribution is -0.126. The van der Waals surface area contributed by atoms with Crippen LogP contribution in [-0.4, -0.2) is 64.1 Å². The number of rotatable bonds is 5. The topological polar surface area (TPSA) is 93.8 Å². The third-order valence-electron chi connectivity index (χ3n) is 5.48. The summed E-state index contributed by atoms with van der Waals surface area (Å²) in [5, 5.41) is 0. The zero-order valence-corrected chi connectivity index (χ0v) is 16.4. The molecule has 30 heavy (non-hydrogen) atoms. The quantitative estimate of drug-likeness (QED) is 0.603. The molecule has 2 fully saturated rings. The number of halogens is 1. The van der Waals surface area contributed by atoms with E-state index in [0.29, 0.717) is 24.5 Å². The summed E-state index contributed by atoms with van der Waals surface area (Å²) < 4.78 is 13.2. The smallest absolute Gasteiger partial charge is 0.332 e. The van der Waals surface area contributed by atoms with E-state index in [1.54, 1.807) is 11.8 Å². The monoisotopic (exact) mass is 412 g/mol. The van der Waals surface area contributed by atoms with Crippen molar-refractivity contribution in [1.29, 1.82) is 0 Å². The number of anilines is 1. The molecule has 1 unspecified atom stereocenters. The highest BCUT2D eigenvalue weighted by Gasteiger charge is 2.44. The molecule has 8 nitrogen and oxygen atoms in total. The molecular formula is C21H21FN4O4. The van der Waals surface area contributed by atoms with E-state index < -0.39 is 36.1 Å². The number of ketones is 1. The van der Waals surface area contributed by atoms with Gasteiger partial charge in [-0.05, 0) is 50.1 Å². The average molecular weight is 412 g/mol. The number of Topliss-reactive ketones (excluding diaryl/α,β-unsaturated/α-hetero) is 1. The number of hydrogen-bond donors (Lipinski definition) is 1. The molecule has 1 aromatic heterocycles. The molecular weight excluding hydrogens is 391 g/mol. The van der Waals surface area contributed by atoms with Crippen LogP contribution in [0.2, 0.25) is 0 Å². The van der Waals surface area contributed by atoms with Crippen LogP contribution in [0.5, 0.6) is 0 Å². The Balaban J connectivity index is 1.48. The lowest BCUT2D eigenvalue weighted by Crippen LogP contribution is -2.37. The fourth-order valence-corrected chi connectivity index (χ4v) is 3.81. The van der Waals surface area contributed by atoms with Crippen molar-refractivity contribution in [2.24, 2.45) is 0 Å². The SMILES string of the molecule is CC1C(=O)N(CC(=O)c2c[nH]c(C(=O)N3CCCC3)c2)C(=O)N1c1ccc(F)cc1. The van der Waals surface area contributed by atoms with Gasteiger partial charge < -0.3 is 9.88 Å². The number of urea groups is 1. The second-order valence-electron chi connectivity index (χ2n) is 7.45. The van der Waals surface area contributed by atoms with Gasteiger partial charge in [0.1, 0.15) is 17.6 Å². The maximum absolute atomic E-state index is 13.2. The van der Waals surface area contributed by atoms with Crippen LogP contribution in [0.3, 0.4) is 0 Å². The fourth-order valence-electron chi connectivity index (χ4n) is 3.81. The summed E-state index contributed by atoms with van der Waals surface area (Å²) in [6.07, 6.45) is 3.33. The number of imide groups is 1. The van der Waals surface area contributed by atoms with Crippen molar-refractivity contribution in [3.05, 3.63) is 53.6 Å². The zero-order valence-electron chi connectivity index (χ0n) is 16.4. The van der Waals surface area contributed by atoms with Crippen molar-refractivity contribution in [3.8, 4) is 0 Å². The van der Waals surface area contributed by atoms with Crippen LogP contribution in [0.4, 0.5) is 14.9 Å². The molecule has 0 bridgehead atoms. The number of nitrogens with zero attached hydrogens (tertiary/aromatic N) is 3. The van der Waals surface area contributed by atoms with Crippen molar-refractivity contribution in [1.82, 2.24) is 14.8 Å². The van der Waals surface area contributed by atoms with Crippen LogP contribution < -0.4 is 4.90 Å². The second-order valence-corrected chi connectivity index (χ2v) is 7.45. The maximum Gasteiger partial charge on any atom is 0.332 e. The van der Waals surface area contributed by atoms with Gasteiger partial charge in [-0.1, -0.05) is 0 Å². The Bertz CT molecular complexity index is 1010. The largest absolute Gasteiger partial charge is 0.356 e. The van der Waals surface area contributed by atoms with E-state index in [-0.39, 0.29) is 11.5 Å². The fraction of sp³-hybridized carbons (Fsp3) is 0.333. The Morgan fingerprint density at radius 3 is 2.47 bits per heavy atom. The minimum atomic E-state index is -0.811. The molecule has 2 aliphatic heterocycles. The molecule has 2 aromatic rings. The van der Waals surface area contributed by atoms with Gasteiger partial charge in [0.05, 0.1) is 6.54 Å². The van der Waals surface area contributed by atoms with Crippen LogP contribution in [0.1, 0.15) is 40.6 Å². The Hall–Kier alpha value is -3.49. The Morgan fingerprint density at radius 2 is 1.80 bits per heavy atom. The van der Waals surface area contributed by atoms with Crippen molar-refractivity contribution in [3.63, 3.8) is 0 Å². The summed E-state index contributed by atoms with van der Waals surface area (Å²) in [5.41, 5.74) is 0.906. The van der Waals surface area contributed by atoms with Crippen LogP contribution >= 0.6 is 0 Å². The van der Waals surface area contributed by atoms with E-state index in [1.165, 1.54) is 41.4 Å². The first-order valence-electron chi connectivity index (χ1n) is 9.78. The predicted molar refractivity (Wildman–Crippen MR) is 106 cm³/mol. The molecule has 9 heteroatoms. The van der Waals surface area contributed by atoms with E-state index in [9.17, 15) is 23.6 Å². The van der Waals surface area contributed by atoms with Gasteiger partial charge in [0.2, 0.25) is 0 Å². The minimum Gasteiger partial charge on any atom is -0.356 e. The second kappa shape index (κ2) is 7.74. The Morgan fingerprint density at radius 1 is 1.13 bits per heavy atom. The summed E-state index contributed by atoms with van der Waals surface area (Å²) in [7, 11) is 0. The molecule has 2 aliphatic rings. The van der Waals surface area contributed by atoms with Gasteiger partial charge >= 0.3 is 6.03 Å². The molecule has 1 N–H and O–H groups in total. The van der Waals surface area contributed by atoms with Gasteiger partial charge in [0.25, 0.3) is 11.8 Å². The highest BCUT2D eigenvalue weighted by atomic mass is 19.1. The molecule has 1 atom stereocenters. The number of aromatic amines is 1. The van der Waals surface area contributed by atoms with Gasteiger partial charge in [0, 0.05) is 30.5 Å². The summed E-state index contributed by atoms with van der Waals surface area (Å²) in [6.45, 7) is 2.50. The van der Waals surface area contributed by atoms with E-state index in [1.807, 2.05) is 0 Å². The molecule has 3 heterocycles. The molecule has 4 rings (SSSR count). The number of amides is 4. The zero-order chi connectivity index (χ0) is 21.4. The number of aromatic nitrogens is 1. The van der Waals surface area contributed by atoms with Crippen molar-refractivity contribution in [2.75, 3.05) is 24.5 Å². The number of likely N-dealkylation sites (tertiary alicyclic amines) is 1. The number of benzene rings is 1. The summed E-state index contributed by atoms with van der Waals surface area (Å²) in [4.78, 5) is 57.1. The van der Waals surface area contributed by atoms with Crippen LogP contribution in [0.15, 0.2) is 36.5 Å². The van der Waals surface area contributed by atoms with Crippen LogP contribution in [0, 0.1) is 5.82 Å². The summed E-state index contributed by atoms with van der Waals surface area (Å²) in [5.74, 6) is -1.60. The van der Waals surface area contributed by atoms with Gasteiger partial charge in [-0.3, -0.25) is 24.2 Å². The first kappa shape index (κ1) is 19.8. The average Bonchev–Trinajstić information content (AvgIpc) is 3.47. The number of H-pyrrole nitrogens is 1. The standard InChI is InChI=1S/C21H21FN4O4/c1-13-19(28)25(21(30)26(13)16-6-4-15(22)5-7-16)12-18(27)14-10-17(23-11-14)20(29)24-8-2-3-9-24/h4-7,10-11,13,23H,2-3,8-9,12H2,1H3. The molecule has 0 saturated carbocycles. The first-order chi connectivity index (χ1) is 14.4. The predicted octanol–water partition coefficient (Wildman–Crippen LogP) is 2.43. The number of carbonyl (C=O) groups excluding carboxylic acids is 4. The Labute approximate surface area is 172 Å².